The smallest absolute Gasteiger partial charge is 0.216 e. The van der Waals surface area contributed by atoms with E-state index in [1.165, 1.54) is 6.07 Å². The number of aromatic nitrogens is 1. The standard InChI is InChI=1S/C16H17FN2O/c1-10(18)14-5-4-11(8-15(14)17)13-7-12-3-2-6-20-16(12)19-9-13/h4-5,7-10H,2-3,6,18H2,1H3. The molecule has 2 heterocycles. The minimum atomic E-state index is -0.306. The molecule has 0 amide bonds. The molecule has 0 saturated carbocycles. The van der Waals surface area contributed by atoms with E-state index >= 15 is 0 Å². The number of ether oxygens (including phenoxy) is 1. The van der Waals surface area contributed by atoms with E-state index < -0.39 is 0 Å². The fourth-order valence-corrected chi connectivity index (χ4v) is 2.47. The number of fused-ring (bicyclic) bond motifs is 1. The zero-order chi connectivity index (χ0) is 14.1. The molecular weight excluding hydrogens is 255 g/mol. The first-order valence-corrected chi connectivity index (χ1v) is 6.82. The Labute approximate surface area is 117 Å². The maximum atomic E-state index is 14.0. The van der Waals surface area contributed by atoms with Crippen molar-refractivity contribution in [1.82, 2.24) is 4.98 Å². The van der Waals surface area contributed by atoms with Crippen LogP contribution in [0.15, 0.2) is 30.5 Å². The third-order valence-corrected chi connectivity index (χ3v) is 3.58. The van der Waals surface area contributed by atoms with E-state index in [2.05, 4.69) is 4.98 Å². The molecule has 104 valence electrons. The fourth-order valence-electron chi connectivity index (χ4n) is 2.47. The number of hydrogen-bond acceptors (Lipinski definition) is 3. The first kappa shape index (κ1) is 13.1. The molecule has 1 aromatic heterocycles. The average Bonchev–Trinajstić information content (AvgIpc) is 2.46. The lowest BCUT2D eigenvalue weighted by Crippen LogP contribution is -2.10. The third-order valence-electron chi connectivity index (χ3n) is 3.58. The average molecular weight is 272 g/mol. The first-order valence-electron chi connectivity index (χ1n) is 6.82. The molecular formula is C16H17FN2O. The summed E-state index contributed by atoms with van der Waals surface area (Å²) in [6, 6.07) is 6.87. The van der Waals surface area contributed by atoms with Crippen LogP contribution in [0.5, 0.6) is 5.88 Å². The highest BCUT2D eigenvalue weighted by Crippen LogP contribution is 2.29. The number of hydrogen-bond donors (Lipinski definition) is 1. The molecule has 0 aliphatic carbocycles. The maximum absolute atomic E-state index is 14.0. The second-order valence-electron chi connectivity index (χ2n) is 5.17. The molecule has 1 aromatic carbocycles. The van der Waals surface area contributed by atoms with Crippen LogP contribution in [0.2, 0.25) is 0 Å². The van der Waals surface area contributed by atoms with Gasteiger partial charge >= 0.3 is 0 Å². The highest BCUT2D eigenvalue weighted by atomic mass is 19.1. The number of benzene rings is 1. The largest absolute Gasteiger partial charge is 0.477 e. The summed E-state index contributed by atoms with van der Waals surface area (Å²) in [5.74, 6) is 0.430. The van der Waals surface area contributed by atoms with Crippen LogP contribution in [-0.2, 0) is 6.42 Å². The molecule has 3 nitrogen and oxygen atoms in total. The van der Waals surface area contributed by atoms with E-state index in [0.29, 0.717) is 11.4 Å². The van der Waals surface area contributed by atoms with Gasteiger partial charge in [0, 0.05) is 28.9 Å². The summed E-state index contributed by atoms with van der Waals surface area (Å²) in [4.78, 5) is 4.31. The lowest BCUT2D eigenvalue weighted by atomic mass is 10.00. The van der Waals surface area contributed by atoms with E-state index in [1.54, 1.807) is 19.2 Å². The lowest BCUT2D eigenvalue weighted by Gasteiger charge is -2.17. The normalized spacial score (nSPS) is 15.3. The van der Waals surface area contributed by atoms with Gasteiger partial charge < -0.3 is 10.5 Å². The molecule has 1 aliphatic rings. The summed E-state index contributed by atoms with van der Waals surface area (Å²) < 4.78 is 19.5. The number of halogens is 1. The molecule has 2 aromatic rings. The molecule has 1 unspecified atom stereocenters. The predicted octanol–water partition coefficient (Wildman–Crippen LogP) is 3.23. The molecule has 0 radical (unpaired) electrons. The van der Waals surface area contributed by atoms with Gasteiger partial charge in [0.2, 0.25) is 5.88 Å². The molecule has 1 atom stereocenters. The fraction of sp³-hybridized carbons (Fsp3) is 0.312. The Morgan fingerprint density at radius 3 is 2.90 bits per heavy atom. The van der Waals surface area contributed by atoms with Gasteiger partial charge in [-0.05, 0) is 37.5 Å². The summed E-state index contributed by atoms with van der Waals surface area (Å²) in [7, 11) is 0. The molecule has 0 fully saturated rings. The quantitative estimate of drug-likeness (QED) is 0.913. The van der Waals surface area contributed by atoms with Crippen LogP contribution in [0.3, 0.4) is 0 Å². The van der Waals surface area contributed by atoms with Crippen LogP contribution in [-0.4, -0.2) is 11.6 Å². The number of nitrogens with zero attached hydrogens (tertiary/aromatic N) is 1. The van der Waals surface area contributed by atoms with E-state index in [-0.39, 0.29) is 11.9 Å². The number of pyridine rings is 1. The van der Waals surface area contributed by atoms with Crippen molar-refractivity contribution >= 4 is 0 Å². The van der Waals surface area contributed by atoms with Crippen molar-refractivity contribution < 1.29 is 9.13 Å². The maximum Gasteiger partial charge on any atom is 0.216 e. The van der Waals surface area contributed by atoms with Crippen molar-refractivity contribution in [2.75, 3.05) is 6.61 Å². The molecule has 20 heavy (non-hydrogen) atoms. The second-order valence-corrected chi connectivity index (χ2v) is 5.17. The Morgan fingerprint density at radius 1 is 1.30 bits per heavy atom. The van der Waals surface area contributed by atoms with Crippen molar-refractivity contribution in [3.8, 4) is 17.0 Å². The Bertz CT molecular complexity index is 640. The summed E-state index contributed by atoms with van der Waals surface area (Å²) in [6.45, 7) is 2.49. The van der Waals surface area contributed by atoms with Gasteiger partial charge in [-0.3, -0.25) is 0 Å². The summed E-state index contributed by atoms with van der Waals surface area (Å²) in [6.07, 6.45) is 3.68. The van der Waals surface area contributed by atoms with E-state index in [4.69, 9.17) is 10.5 Å². The minimum absolute atomic E-state index is 0.272. The van der Waals surface area contributed by atoms with Crippen LogP contribution in [0.4, 0.5) is 4.39 Å². The molecule has 0 spiro atoms. The molecule has 2 N–H and O–H groups in total. The van der Waals surface area contributed by atoms with Crippen LogP contribution >= 0.6 is 0 Å². The van der Waals surface area contributed by atoms with Crippen molar-refractivity contribution in [1.29, 1.82) is 0 Å². The number of aryl methyl sites for hydroxylation is 1. The van der Waals surface area contributed by atoms with Crippen LogP contribution < -0.4 is 10.5 Å². The molecule has 0 saturated heterocycles. The van der Waals surface area contributed by atoms with Gasteiger partial charge in [-0.15, -0.1) is 0 Å². The van der Waals surface area contributed by atoms with E-state index in [0.717, 1.165) is 36.1 Å². The Hall–Kier alpha value is -1.94. The van der Waals surface area contributed by atoms with Crippen LogP contribution in [0.25, 0.3) is 11.1 Å². The van der Waals surface area contributed by atoms with Crippen molar-refractivity contribution in [2.45, 2.75) is 25.8 Å². The predicted molar refractivity (Wildman–Crippen MR) is 76.0 cm³/mol. The van der Waals surface area contributed by atoms with Gasteiger partial charge in [0.1, 0.15) is 5.82 Å². The highest BCUT2D eigenvalue weighted by molar-refractivity contribution is 5.64. The van der Waals surface area contributed by atoms with Gasteiger partial charge in [-0.25, -0.2) is 9.37 Å². The van der Waals surface area contributed by atoms with Gasteiger partial charge in [0.15, 0.2) is 0 Å². The lowest BCUT2D eigenvalue weighted by molar-refractivity contribution is 0.276. The molecule has 1 aliphatic heterocycles. The van der Waals surface area contributed by atoms with Gasteiger partial charge in [-0.2, -0.15) is 0 Å². The zero-order valence-electron chi connectivity index (χ0n) is 11.4. The van der Waals surface area contributed by atoms with Crippen molar-refractivity contribution in [2.24, 2.45) is 5.73 Å². The topological polar surface area (TPSA) is 48.1 Å². The Balaban J connectivity index is 1.99. The van der Waals surface area contributed by atoms with Gasteiger partial charge in [-0.1, -0.05) is 12.1 Å². The number of nitrogens with two attached hydrogens (primary N) is 1. The summed E-state index contributed by atoms with van der Waals surface area (Å²) in [5, 5.41) is 0. The summed E-state index contributed by atoms with van der Waals surface area (Å²) in [5.41, 5.74) is 9.06. The minimum Gasteiger partial charge on any atom is -0.477 e. The van der Waals surface area contributed by atoms with E-state index in [9.17, 15) is 4.39 Å². The SMILES string of the molecule is CC(N)c1ccc(-c2cnc3c(c2)CCCO3)cc1F. The Kier molecular flexibility index (Phi) is 3.40. The van der Waals surface area contributed by atoms with Gasteiger partial charge in [0.05, 0.1) is 6.61 Å². The monoisotopic (exact) mass is 272 g/mol. The zero-order valence-corrected chi connectivity index (χ0v) is 11.4. The highest BCUT2D eigenvalue weighted by Gasteiger charge is 2.14. The summed E-state index contributed by atoms with van der Waals surface area (Å²) >= 11 is 0. The van der Waals surface area contributed by atoms with Crippen molar-refractivity contribution in [3.63, 3.8) is 0 Å². The Morgan fingerprint density at radius 2 is 2.15 bits per heavy atom. The second kappa shape index (κ2) is 5.21. The third kappa shape index (κ3) is 2.39. The first-order chi connectivity index (χ1) is 9.65. The van der Waals surface area contributed by atoms with Crippen LogP contribution in [0.1, 0.15) is 30.5 Å². The molecule has 0 bridgehead atoms. The van der Waals surface area contributed by atoms with Gasteiger partial charge in [0.25, 0.3) is 0 Å². The molecule has 3 rings (SSSR count). The van der Waals surface area contributed by atoms with Crippen molar-refractivity contribution in [3.05, 3.63) is 47.4 Å². The number of rotatable bonds is 2. The van der Waals surface area contributed by atoms with Crippen LogP contribution in [0, 0.1) is 5.82 Å². The molecule has 4 heteroatoms. The van der Waals surface area contributed by atoms with E-state index in [1.807, 2.05) is 12.1 Å².